The Morgan fingerprint density at radius 3 is 2.45 bits per heavy atom. The smallest absolute Gasteiger partial charge is 0.336 e. The number of benzene rings is 3. The molecule has 0 radical (unpaired) electrons. The number of ether oxygens (including phenoxy) is 2. The van der Waals surface area contributed by atoms with Gasteiger partial charge in [-0.1, -0.05) is 48.0 Å². The maximum absolute atomic E-state index is 12.1. The first kappa shape index (κ1) is 21.8. The number of carbonyl (C=O) groups excluding carboxylic acids is 2. The molecule has 31 heavy (non-hydrogen) atoms. The lowest BCUT2D eigenvalue weighted by atomic mass is 10.2. The molecule has 1 amide bonds. The second-order valence-electron chi connectivity index (χ2n) is 6.28. The van der Waals surface area contributed by atoms with E-state index >= 15 is 0 Å². The molecule has 156 valence electrons. The maximum Gasteiger partial charge on any atom is 0.336 e. The quantitative estimate of drug-likeness (QED) is 0.192. The van der Waals surface area contributed by atoms with Gasteiger partial charge in [-0.05, 0) is 53.6 Å². The van der Waals surface area contributed by atoms with Crippen molar-refractivity contribution in [2.75, 3.05) is 7.11 Å². The Hall–Kier alpha value is -3.90. The van der Waals surface area contributed by atoms with Gasteiger partial charge in [0.05, 0.1) is 23.9 Å². The molecule has 0 bridgehead atoms. The van der Waals surface area contributed by atoms with E-state index in [1.807, 2.05) is 12.1 Å². The summed E-state index contributed by atoms with van der Waals surface area (Å²) in [7, 11) is 1.59. The molecule has 7 heteroatoms. The van der Waals surface area contributed by atoms with Crippen LogP contribution in [-0.2, 0) is 4.79 Å². The van der Waals surface area contributed by atoms with Crippen LogP contribution in [0.2, 0.25) is 5.02 Å². The van der Waals surface area contributed by atoms with Crippen LogP contribution in [0.1, 0.15) is 21.5 Å². The molecule has 6 nitrogen and oxygen atoms in total. The van der Waals surface area contributed by atoms with Gasteiger partial charge < -0.3 is 9.47 Å². The lowest BCUT2D eigenvalue weighted by Crippen LogP contribution is -2.17. The fourth-order valence-electron chi connectivity index (χ4n) is 2.56. The first-order valence-corrected chi connectivity index (χ1v) is 9.65. The summed E-state index contributed by atoms with van der Waals surface area (Å²) in [5, 5.41) is 4.26. The number of nitrogens with zero attached hydrogens (tertiary/aromatic N) is 1. The molecule has 1 N–H and O–H groups in total. The van der Waals surface area contributed by atoms with Crippen molar-refractivity contribution in [3.8, 4) is 11.5 Å². The van der Waals surface area contributed by atoms with E-state index in [1.165, 1.54) is 12.3 Å². The minimum Gasteiger partial charge on any atom is -0.497 e. The van der Waals surface area contributed by atoms with Crippen LogP contribution in [0.5, 0.6) is 11.5 Å². The molecule has 3 rings (SSSR count). The average Bonchev–Trinajstić information content (AvgIpc) is 2.78. The minimum absolute atomic E-state index is 0.327. The number of nitrogens with one attached hydrogen (secondary N) is 1. The Morgan fingerprint density at radius 1 is 0.935 bits per heavy atom. The number of rotatable bonds is 7. The zero-order valence-corrected chi connectivity index (χ0v) is 17.4. The molecule has 0 saturated heterocycles. The van der Waals surface area contributed by atoms with Crippen LogP contribution >= 0.6 is 11.6 Å². The number of carbonyl (C=O) groups is 2. The van der Waals surface area contributed by atoms with Gasteiger partial charge in [0, 0.05) is 6.08 Å². The van der Waals surface area contributed by atoms with Gasteiger partial charge in [0.25, 0.3) is 5.91 Å². The van der Waals surface area contributed by atoms with Crippen LogP contribution in [0.25, 0.3) is 6.08 Å². The van der Waals surface area contributed by atoms with Crippen molar-refractivity contribution in [2.45, 2.75) is 0 Å². The number of hydrogen-bond acceptors (Lipinski definition) is 5. The molecular weight excluding hydrogens is 416 g/mol. The third-order valence-electron chi connectivity index (χ3n) is 4.10. The number of methoxy groups -OCH3 is 1. The highest BCUT2D eigenvalue weighted by Crippen LogP contribution is 2.16. The van der Waals surface area contributed by atoms with Crippen LogP contribution in [-0.4, -0.2) is 25.2 Å². The van der Waals surface area contributed by atoms with E-state index in [9.17, 15) is 9.59 Å². The summed E-state index contributed by atoms with van der Waals surface area (Å²) >= 11 is 5.99. The van der Waals surface area contributed by atoms with Gasteiger partial charge in [-0.15, -0.1) is 0 Å². The van der Waals surface area contributed by atoms with E-state index in [4.69, 9.17) is 21.1 Å². The van der Waals surface area contributed by atoms with Crippen LogP contribution in [0.4, 0.5) is 0 Å². The Kier molecular flexibility index (Phi) is 7.56. The summed E-state index contributed by atoms with van der Waals surface area (Å²) < 4.78 is 10.4. The van der Waals surface area contributed by atoms with Crippen molar-refractivity contribution < 1.29 is 19.1 Å². The van der Waals surface area contributed by atoms with Crippen molar-refractivity contribution in [2.24, 2.45) is 5.10 Å². The summed E-state index contributed by atoms with van der Waals surface area (Å²) in [6, 6.07) is 20.7. The Bertz CT molecular complexity index is 1120. The molecular formula is C24H19ClN2O4. The molecule has 0 aliphatic rings. The van der Waals surface area contributed by atoms with Gasteiger partial charge in [-0.2, -0.15) is 5.10 Å². The number of hydrogen-bond donors (Lipinski definition) is 1. The second-order valence-corrected chi connectivity index (χ2v) is 6.69. The summed E-state index contributed by atoms with van der Waals surface area (Å²) in [5.74, 6) is 0.150. The lowest BCUT2D eigenvalue weighted by Gasteiger charge is -2.03. The third kappa shape index (κ3) is 6.55. The molecule has 3 aromatic carbocycles. The Balaban J connectivity index is 1.57. The molecule has 0 saturated carbocycles. The monoisotopic (exact) mass is 434 g/mol. The molecule has 3 aromatic rings. The Morgan fingerprint density at radius 2 is 1.71 bits per heavy atom. The first-order chi connectivity index (χ1) is 15.0. The van der Waals surface area contributed by atoms with Crippen LogP contribution < -0.4 is 14.9 Å². The molecule has 0 atom stereocenters. The highest BCUT2D eigenvalue weighted by atomic mass is 35.5. The van der Waals surface area contributed by atoms with E-state index < -0.39 is 11.9 Å². The lowest BCUT2D eigenvalue weighted by molar-refractivity contribution is -0.128. The molecule has 0 aromatic heterocycles. The topological polar surface area (TPSA) is 77.0 Å². The van der Waals surface area contributed by atoms with E-state index in [0.717, 1.165) is 11.3 Å². The molecule has 0 aliphatic heterocycles. The van der Waals surface area contributed by atoms with Gasteiger partial charge >= 0.3 is 5.97 Å². The number of hydrazone groups is 1. The van der Waals surface area contributed by atoms with E-state index in [-0.39, 0.29) is 0 Å². The van der Waals surface area contributed by atoms with E-state index in [2.05, 4.69) is 10.5 Å². The van der Waals surface area contributed by atoms with Crippen molar-refractivity contribution >= 4 is 35.8 Å². The molecule has 0 aliphatic carbocycles. The maximum atomic E-state index is 12.1. The van der Waals surface area contributed by atoms with Crippen LogP contribution in [0.3, 0.4) is 0 Å². The van der Waals surface area contributed by atoms with Gasteiger partial charge in [0.1, 0.15) is 11.5 Å². The number of esters is 1. The first-order valence-electron chi connectivity index (χ1n) is 9.27. The van der Waals surface area contributed by atoms with Gasteiger partial charge in [0.15, 0.2) is 0 Å². The van der Waals surface area contributed by atoms with Gasteiger partial charge in [-0.3, -0.25) is 4.79 Å². The molecule has 0 fully saturated rings. The van der Waals surface area contributed by atoms with Gasteiger partial charge in [-0.25, -0.2) is 10.2 Å². The molecule has 0 spiro atoms. The summed E-state index contributed by atoms with van der Waals surface area (Å²) in [5.41, 5.74) is 4.22. The van der Waals surface area contributed by atoms with Gasteiger partial charge in [0.2, 0.25) is 0 Å². The standard InChI is InChI=1S/C24H19ClN2O4/c1-30-19-12-9-17(10-13-19)11-14-23(28)31-20-6-4-5-18(15-20)16-26-27-24(29)21-7-2-3-8-22(21)25/h2-16H,1H3,(H,27,29)/b14-11+,26-16+. The highest BCUT2D eigenvalue weighted by Gasteiger charge is 2.08. The van der Waals surface area contributed by atoms with Crippen molar-refractivity contribution in [1.29, 1.82) is 0 Å². The predicted molar refractivity (Wildman–Crippen MR) is 121 cm³/mol. The van der Waals surface area contributed by atoms with Crippen molar-refractivity contribution in [3.05, 3.63) is 101 Å². The average molecular weight is 435 g/mol. The van der Waals surface area contributed by atoms with Crippen LogP contribution in [0, 0.1) is 0 Å². The highest BCUT2D eigenvalue weighted by molar-refractivity contribution is 6.33. The van der Waals surface area contributed by atoms with E-state index in [0.29, 0.717) is 21.9 Å². The molecule has 0 unspecified atom stereocenters. The second kappa shape index (κ2) is 10.8. The van der Waals surface area contributed by atoms with E-state index in [1.54, 1.807) is 73.8 Å². The zero-order chi connectivity index (χ0) is 22.1. The SMILES string of the molecule is COc1ccc(/C=C/C(=O)Oc2cccc(/C=N/NC(=O)c3ccccc3Cl)c2)cc1. The fraction of sp³-hybridized carbons (Fsp3) is 0.0417. The predicted octanol–water partition coefficient (Wildman–Crippen LogP) is 4.73. The summed E-state index contributed by atoms with van der Waals surface area (Å²) in [6.45, 7) is 0. The summed E-state index contributed by atoms with van der Waals surface area (Å²) in [6.07, 6.45) is 4.43. The van der Waals surface area contributed by atoms with Crippen molar-refractivity contribution in [1.82, 2.24) is 5.43 Å². The normalized spacial score (nSPS) is 10.9. The van der Waals surface area contributed by atoms with Crippen molar-refractivity contribution in [3.63, 3.8) is 0 Å². The zero-order valence-electron chi connectivity index (χ0n) is 16.6. The van der Waals surface area contributed by atoms with Crippen LogP contribution in [0.15, 0.2) is 84.0 Å². The fourth-order valence-corrected chi connectivity index (χ4v) is 2.78. The minimum atomic E-state index is -0.517. The third-order valence-corrected chi connectivity index (χ3v) is 4.43. The Labute approximate surface area is 184 Å². The largest absolute Gasteiger partial charge is 0.497 e. The number of halogens is 1. The number of amides is 1. The summed E-state index contributed by atoms with van der Waals surface area (Å²) in [4.78, 5) is 24.2. The molecule has 0 heterocycles.